The molecule has 0 spiro atoms. The highest BCUT2D eigenvalue weighted by Crippen LogP contribution is 2.41. The first-order valence-corrected chi connectivity index (χ1v) is 13.1. The molecule has 0 unspecified atom stereocenters. The molecule has 7 nitrogen and oxygen atoms in total. The van der Waals surface area contributed by atoms with Crippen LogP contribution >= 0.6 is 0 Å². The molecule has 2 fully saturated rings. The molecule has 4 rings (SSSR count). The lowest BCUT2D eigenvalue weighted by atomic mass is 9.81. The van der Waals surface area contributed by atoms with Crippen LogP contribution in [0.3, 0.4) is 0 Å². The normalized spacial score (nSPS) is 23.7. The van der Waals surface area contributed by atoms with E-state index in [4.69, 9.17) is 9.47 Å². The number of hydrogen-bond acceptors (Lipinski definition) is 5. The Morgan fingerprint density at radius 1 is 1.05 bits per heavy atom. The van der Waals surface area contributed by atoms with Gasteiger partial charge >= 0.3 is 12.1 Å². The van der Waals surface area contributed by atoms with Crippen LogP contribution in [0.15, 0.2) is 30.5 Å². The number of methoxy groups -OCH3 is 1. The molecule has 1 amide bonds. The van der Waals surface area contributed by atoms with E-state index in [0.29, 0.717) is 44.4 Å². The third-order valence-electron chi connectivity index (χ3n) is 7.77. The van der Waals surface area contributed by atoms with E-state index >= 15 is 4.39 Å². The van der Waals surface area contributed by atoms with E-state index in [1.807, 2.05) is 0 Å². The number of aromatic nitrogens is 1. The quantitative estimate of drug-likeness (QED) is 0.378. The van der Waals surface area contributed by atoms with Crippen molar-refractivity contribution in [3.63, 3.8) is 0 Å². The van der Waals surface area contributed by atoms with Crippen molar-refractivity contribution in [3.05, 3.63) is 47.4 Å². The van der Waals surface area contributed by atoms with E-state index in [1.54, 1.807) is 7.11 Å². The minimum Gasteiger partial charge on any atom is -0.478 e. The van der Waals surface area contributed by atoms with Gasteiger partial charge in [-0.3, -0.25) is 4.79 Å². The Bertz CT molecular complexity index is 1190. The molecular formula is C28H32F4N2O5. The largest absolute Gasteiger partial charge is 0.478 e. The maximum atomic E-state index is 15.4. The summed E-state index contributed by atoms with van der Waals surface area (Å²) in [5.74, 6) is -4.32. The number of aromatic carboxylic acids is 1. The number of amides is 1. The fourth-order valence-electron chi connectivity index (χ4n) is 5.52. The van der Waals surface area contributed by atoms with E-state index in [2.05, 4.69) is 11.9 Å². The van der Waals surface area contributed by atoms with Crippen molar-refractivity contribution in [3.8, 4) is 11.6 Å². The van der Waals surface area contributed by atoms with Gasteiger partial charge in [0.05, 0.1) is 17.4 Å². The maximum absolute atomic E-state index is 15.4. The summed E-state index contributed by atoms with van der Waals surface area (Å²) in [6, 6.07) is 3.12. The minimum atomic E-state index is -4.82. The van der Waals surface area contributed by atoms with Crippen LogP contribution in [0.2, 0.25) is 0 Å². The number of carboxylic acid groups (broad SMARTS) is 1. The van der Waals surface area contributed by atoms with E-state index in [1.165, 1.54) is 4.90 Å². The van der Waals surface area contributed by atoms with Crippen LogP contribution in [0.5, 0.6) is 11.6 Å². The van der Waals surface area contributed by atoms with Crippen molar-refractivity contribution < 1.29 is 41.7 Å². The zero-order valence-corrected chi connectivity index (χ0v) is 21.8. The number of halogens is 4. The fourth-order valence-corrected chi connectivity index (χ4v) is 5.52. The summed E-state index contributed by atoms with van der Waals surface area (Å²) in [6.07, 6.45) is 1.64. The number of pyridine rings is 1. The topological polar surface area (TPSA) is 89.0 Å². The number of nitrogens with zero attached hydrogens (tertiary/aromatic N) is 2. The number of alkyl halides is 3. The molecule has 1 heterocycles. The van der Waals surface area contributed by atoms with Crippen LogP contribution in [0.25, 0.3) is 0 Å². The van der Waals surface area contributed by atoms with Gasteiger partial charge in [-0.25, -0.2) is 14.2 Å². The smallest absolute Gasteiger partial charge is 0.421 e. The molecule has 1 aromatic heterocycles. The average molecular weight is 553 g/mol. The Hall–Kier alpha value is -3.21. The SMILES string of the molecule is COC1CCC(N(C(=O)C2CCC(C)CC2)c2cc(F)c(Oc3ncccc3C(F)(F)F)cc2C(=O)O)CC1. The van der Waals surface area contributed by atoms with Gasteiger partial charge in [-0.2, -0.15) is 13.2 Å². The van der Waals surface area contributed by atoms with Crippen molar-refractivity contribution in [1.29, 1.82) is 0 Å². The summed E-state index contributed by atoms with van der Waals surface area (Å²) in [5, 5.41) is 10.1. The van der Waals surface area contributed by atoms with Crippen LogP contribution in [-0.2, 0) is 15.7 Å². The Morgan fingerprint density at radius 2 is 1.72 bits per heavy atom. The molecule has 1 aromatic carbocycles. The molecule has 2 aliphatic carbocycles. The number of anilines is 1. The molecule has 0 radical (unpaired) electrons. The molecule has 212 valence electrons. The second-order valence-electron chi connectivity index (χ2n) is 10.4. The average Bonchev–Trinajstić information content (AvgIpc) is 2.90. The molecular weight excluding hydrogens is 520 g/mol. The molecule has 39 heavy (non-hydrogen) atoms. The molecule has 0 saturated heterocycles. The highest BCUT2D eigenvalue weighted by Gasteiger charge is 2.38. The summed E-state index contributed by atoms with van der Waals surface area (Å²) in [4.78, 5) is 31.2. The summed E-state index contributed by atoms with van der Waals surface area (Å²) in [5.41, 5.74) is -1.81. The molecule has 1 N–H and O–H groups in total. The van der Waals surface area contributed by atoms with Crippen molar-refractivity contribution >= 4 is 17.6 Å². The van der Waals surface area contributed by atoms with Crippen LogP contribution in [0.1, 0.15) is 74.2 Å². The molecule has 2 saturated carbocycles. The number of carbonyl (C=O) groups excluding carboxylic acids is 1. The van der Waals surface area contributed by atoms with Crippen molar-refractivity contribution in [1.82, 2.24) is 4.98 Å². The molecule has 0 bridgehead atoms. The van der Waals surface area contributed by atoms with Crippen molar-refractivity contribution in [2.24, 2.45) is 11.8 Å². The third-order valence-corrected chi connectivity index (χ3v) is 7.77. The van der Waals surface area contributed by atoms with Gasteiger partial charge in [0.25, 0.3) is 0 Å². The maximum Gasteiger partial charge on any atom is 0.421 e. The summed E-state index contributed by atoms with van der Waals surface area (Å²) >= 11 is 0. The van der Waals surface area contributed by atoms with E-state index in [-0.39, 0.29) is 29.7 Å². The molecule has 0 atom stereocenters. The fraction of sp³-hybridized carbons (Fsp3) is 0.536. The lowest BCUT2D eigenvalue weighted by Gasteiger charge is -2.40. The number of carboxylic acids is 1. The van der Waals surface area contributed by atoms with Gasteiger partial charge in [-0.05, 0) is 69.4 Å². The number of hydrogen-bond donors (Lipinski definition) is 1. The number of ether oxygens (including phenoxy) is 2. The standard InChI is InChI=1S/C28H32F4N2O5/c1-16-5-7-17(8-6-16)26(35)34(18-9-11-19(38-2)12-10-18)23-15-22(29)24(14-20(23)27(36)37)39-25-21(28(30,31)32)4-3-13-33-25/h3-4,13-19H,5-12H2,1-2H3,(H,36,37). The van der Waals surface area contributed by atoms with Gasteiger partial charge in [0.15, 0.2) is 11.6 Å². The first-order chi connectivity index (χ1) is 18.5. The predicted octanol–water partition coefficient (Wildman–Crippen LogP) is 6.85. The van der Waals surface area contributed by atoms with E-state index in [0.717, 1.165) is 43.3 Å². The Kier molecular flexibility index (Phi) is 8.78. The van der Waals surface area contributed by atoms with Crippen LogP contribution < -0.4 is 9.64 Å². The molecule has 2 aromatic rings. The Morgan fingerprint density at radius 3 is 2.31 bits per heavy atom. The van der Waals surface area contributed by atoms with Gasteiger partial charge < -0.3 is 19.5 Å². The first-order valence-electron chi connectivity index (χ1n) is 13.1. The second kappa shape index (κ2) is 11.9. The number of carbonyl (C=O) groups is 2. The summed E-state index contributed by atoms with van der Waals surface area (Å²) in [6.45, 7) is 2.12. The van der Waals surface area contributed by atoms with Gasteiger partial charge in [0.1, 0.15) is 5.56 Å². The van der Waals surface area contributed by atoms with Crippen LogP contribution in [0, 0.1) is 17.7 Å². The summed E-state index contributed by atoms with van der Waals surface area (Å²) in [7, 11) is 1.61. The van der Waals surface area contributed by atoms with Gasteiger partial charge in [0.2, 0.25) is 11.8 Å². The zero-order chi connectivity index (χ0) is 28.3. The van der Waals surface area contributed by atoms with Crippen molar-refractivity contribution in [2.75, 3.05) is 12.0 Å². The summed E-state index contributed by atoms with van der Waals surface area (Å²) < 4.78 is 66.3. The van der Waals surface area contributed by atoms with E-state index in [9.17, 15) is 27.9 Å². The minimum absolute atomic E-state index is 0.0152. The lowest BCUT2D eigenvalue weighted by molar-refractivity contribution is -0.139. The lowest BCUT2D eigenvalue weighted by Crippen LogP contribution is -2.47. The first kappa shape index (κ1) is 28.8. The number of benzene rings is 1. The third kappa shape index (κ3) is 6.51. The van der Waals surface area contributed by atoms with Gasteiger partial charge in [-0.15, -0.1) is 0 Å². The van der Waals surface area contributed by atoms with Gasteiger partial charge in [-0.1, -0.05) is 6.92 Å². The zero-order valence-electron chi connectivity index (χ0n) is 21.8. The van der Waals surface area contributed by atoms with Crippen LogP contribution in [0.4, 0.5) is 23.2 Å². The predicted molar refractivity (Wildman–Crippen MR) is 134 cm³/mol. The molecule has 2 aliphatic rings. The van der Waals surface area contributed by atoms with Crippen molar-refractivity contribution in [2.45, 2.75) is 76.6 Å². The number of rotatable bonds is 7. The van der Waals surface area contributed by atoms with Gasteiger partial charge in [0, 0.05) is 37.4 Å². The highest BCUT2D eigenvalue weighted by molar-refractivity contribution is 6.03. The Labute approximate surface area is 224 Å². The van der Waals surface area contributed by atoms with E-state index < -0.39 is 40.7 Å². The molecule has 11 heteroatoms. The second-order valence-corrected chi connectivity index (χ2v) is 10.4. The van der Waals surface area contributed by atoms with Crippen LogP contribution in [-0.4, -0.2) is 41.2 Å². The highest BCUT2D eigenvalue weighted by atomic mass is 19.4. The molecule has 0 aliphatic heterocycles. The monoisotopic (exact) mass is 552 g/mol. The Balaban J connectivity index is 1.74.